The zero-order valence-electron chi connectivity index (χ0n) is 8.34. The van der Waals surface area contributed by atoms with Crippen LogP contribution in [0.1, 0.15) is 33.6 Å². The van der Waals surface area contributed by atoms with Crippen LogP contribution in [0.15, 0.2) is 4.99 Å². The maximum Gasteiger partial charge on any atom is 0.0940 e. The van der Waals surface area contributed by atoms with Gasteiger partial charge in [0.25, 0.3) is 0 Å². The third-order valence-corrected chi connectivity index (χ3v) is 2.58. The molecule has 0 amide bonds. The second-order valence-electron chi connectivity index (χ2n) is 2.88. The second kappa shape index (κ2) is 7.47. The third-order valence-electron chi connectivity index (χ3n) is 1.46. The first-order chi connectivity index (χ1) is 5.70. The molecule has 72 valence electrons. The van der Waals surface area contributed by atoms with Crippen molar-refractivity contribution in [1.29, 1.82) is 0 Å². The Morgan fingerprint density at radius 3 is 2.67 bits per heavy atom. The van der Waals surface area contributed by atoms with Crippen molar-refractivity contribution in [2.24, 2.45) is 10.7 Å². The van der Waals surface area contributed by atoms with Crippen LogP contribution in [0.2, 0.25) is 0 Å². The first kappa shape index (κ1) is 11.8. The number of hydrogen-bond acceptors (Lipinski definition) is 2. The summed E-state index contributed by atoms with van der Waals surface area (Å²) in [6, 6.07) is 0.376. The van der Waals surface area contributed by atoms with Crippen LogP contribution in [0.5, 0.6) is 0 Å². The highest BCUT2D eigenvalue weighted by Crippen LogP contribution is 2.04. The van der Waals surface area contributed by atoms with Crippen LogP contribution in [0, 0.1) is 0 Å². The van der Waals surface area contributed by atoms with Gasteiger partial charge in [0.15, 0.2) is 0 Å². The minimum Gasteiger partial charge on any atom is -0.387 e. The van der Waals surface area contributed by atoms with Gasteiger partial charge in [-0.05, 0) is 19.1 Å². The highest BCUT2D eigenvalue weighted by atomic mass is 32.2. The number of amidine groups is 1. The molecule has 3 heteroatoms. The summed E-state index contributed by atoms with van der Waals surface area (Å²) in [5, 5.41) is 0. The fourth-order valence-electron chi connectivity index (χ4n) is 0.929. The number of hydrogen-bond donors (Lipinski definition) is 1. The van der Waals surface area contributed by atoms with Crippen LogP contribution in [0.4, 0.5) is 0 Å². The van der Waals surface area contributed by atoms with E-state index in [1.54, 1.807) is 0 Å². The van der Waals surface area contributed by atoms with Gasteiger partial charge in [-0.2, -0.15) is 11.8 Å². The van der Waals surface area contributed by atoms with E-state index >= 15 is 0 Å². The van der Waals surface area contributed by atoms with E-state index in [1.165, 1.54) is 0 Å². The first-order valence-corrected chi connectivity index (χ1v) is 5.76. The summed E-state index contributed by atoms with van der Waals surface area (Å²) in [5.41, 5.74) is 5.70. The summed E-state index contributed by atoms with van der Waals surface area (Å²) in [6.45, 7) is 6.40. The zero-order valence-corrected chi connectivity index (χ0v) is 9.16. The largest absolute Gasteiger partial charge is 0.387 e. The van der Waals surface area contributed by atoms with Crippen LogP contribution in [-0.4, -0.2) is 23.4 Å². The molecule has 0 aromatic carbocycles. The normalized spacial score (nSPS) is 14.8. The lowest BCUT2D eigenvalue weighted by atomic mass is 10.3. The molecular formula is C9H20N2S. The Balaban J connectivity index is 3.63. The Labute approximate surface area is 80.0 Å². The Morgan fingerprint density at radius 2 is 2.17 bits per heavy atom. The zero-order chi connectivity index (χ0) is 9.40. The number of nitrogens with two attached hydrogens (primary N) is 1. The minimum absolute atomic E-state index is 0.376. The molecule has 0 aromatic heterocycles. The SMILES string of the molecule is CCCC(N)=NC(C)CSCC. The maximum absolute atomic E-state index is 5.70. The molecule has 0 saturated carbocycles. The van der Waals surface area contributed by atoms with Gasteiger partial charge < -0.3 is 5.73 Å². The highest BCUT2D eigenvalue weighted by molar-refractivity contribution is 7.99. The van der Waals surface area contributed by atoms with Gasteiger partial charge in [0.2, 0.25) is 0 Å². The fourth-order valence-corrected chi connectivity index (χ4v) is 1.58. The molecule has 12 heavy (non-hydrogen) atoms. The van der Waals surface area contributed by atoms with Crippen molar-refractivity contribution in [2.45, 2.75) is 39.7 Å². The molecule has 0 heterocycles. The topological polar surface area (TPSA) is 38.4 Å². The summed E-state index contributed by atoms with van der Waals surface area (Å²) < 4.78 is 0. The van der Waals surface area contributed by atoms with E-state index in [0.717, 1.165) is 30.2 Å². The van der Waals surface area contributed by atoms with Gasteiger partial charge in [-0.25, -0.2) is 0 Å². The van der Waals surface area contributed by atoms with Gasteiger partial charge >= 0.3 is 0 Å². The van der Waals surface area contributed by atoms with E-state index < -0.39 is 0 Å². The molecule has 0 bridgehead atoms. The molecule has 2 nitrogen and oxygen atoms in total. The predicted octanol–water partition coefficient (Wildman–Crippen LogP) is 2.29. The van der Waals surface area contributed by atoms with Crippen LogP contribution in [0.25, 0.3) is 0 Å². The molecule has 0 aliphatic carbocycles. The molecule has 0 radical (unpaired) electrons. The van der Waals surface area contributed by atoms with Crippen LogP contribution < -0.4 is 5.73 Å². The van der Waals surface area contributed by atoms with E-state index in [0.29, 0.717) is 6.04 Å². The first-order valence-electron chi connectivity index (χ1n) is 4.60. The Hall–Kier alpha value is -0.180. The van der Waals surface area contributed by atoms with E-state index in [2.05, 4.69) is 25.8 Å². The molecule has 0 aromatic rings. The Morgan fingerprint density at radius 1 is 1.50 bits per heavy atom. The van der Waals surface area contributed by atoms with Crippen LogP contribution >= 0.6 is 11.8 Å². The molecule has 0 aliphatic rings. The van der Waals surface area contributed by atoms with Crippen molar-refractivity contribution >= 4 is 17.6 Å². The number of nitrogens with zero attached hydrogens (tertiary/aromatic N) is 1. The van der Waals surface area contributed by atoms with Crippen molar-refractivity contribution in [2.75, 3.05) is 11.5 Å². The van der Waals surface area contributed by atoms with E-state index in [-0.39, 0.29) is 0 Å². The highest BCUT2D eigenvalue weighted by Gasteiger charge is 1.99. The van der Waals surface area contributed by atoms with Crippen molar-refractivity contribution in [1.82, 2.24) is 0 Å². The van der Waals surface area contributed by atoms with Gasteiger partial charge in [-0.15, -0.1) is 0 Å². The van der Waals surface area contributed by atoms with Crippen molar-refractivity contribution in [3.63, 3.8) is 0 Å². The van der Waals surface area contributed by atoms with E-state index in [4.69, 9.17) is 5.73 Å². The Kier molecular flexibility index (Phi) is 7.36. The molecule has 1 unspecified atom stereocenters. The lowest BCUT2D eigenvalue weighted by molar-refractivity contribution is 0.831. The van der Waals surface area contributed by atoms with Gasteiger partial charge in [0, 0.05) is 12.2 Å². The van der Waals surface area contributed by atoms with E-state index in [9.17, 15) is 0 Å². The number of rotatable bonds is 6. The van der Waals surface area contributed by atoms with Gasteiger partial charge in [-0.3, -0.25) is 4.99 Å². The second-order valence-corrected chi connectivity index (χ2v) is 4.20. The van der Waals surface area contributed by atoms with Crippen molar-refractivity contribution in [3.8, 4) is 0 Å². The fraction of sp³-hybridized carbons (Fsp3) is 0.889. The molecular weight excluding hydrogens is 168 g/mol. The smallest absolute Gasteiger partial charge is 0.0940 e. The van der Waals surface area contributed by atoms with Gasteiger partial charge in [0.05, 0.1) is 11.9 Å². The number of thioether (sulfide) groups is 1. The summed E-state index contributed by atoms with van der Waals surface area (Å²) in [5.74, 6) is 3.05. The molecule has 0 aliphatic heterocycles. The van der Waals surface area contributed by atoms with Crippen LogP contribution in [-0.2, 0) is 0 Å². The monoisotopic (exact) mass is 188 g/mol. The summed E-state index contributed by atoms with van der Waals surface area (Å²) in [6.07, 6.45) is 2.02. The van der Waals surface area contributed by atoms with Crippen molar-refractivity contribution < 1.29 is 0 Å². The standard InChI is InChI=1S/C9H20N2S/c1-4-6-9(10)11-8(3)7-12-5-2/h8H,4-7H2,1-3H3,(H2,10,11). The molecule has 2 N–H and O–H groups in total. The molecule has 0 fully saturated rings. The summed E-state index contributed by atoms with van der Waals surface area (Å²) in [7, 11) is 0. The lowest BCUT2D eigenvalue weighted by Gasteiger charge is -2.06. The predicted molar refractivity (Wildman–Crippen MR) is 59.0 cm³/mol. The molecule has 0 saturated heterocycles. The average Bonchev–Trinajstić information content (AvgIpc) is 2.01. The molecule has 1 atom stereocenters. The molecule has 0 rings (SSSR count). The third kappa shape index (κ3) is 6.53. The summed E-state index contributed by atoms with van der Waals surface area (Å²) in [4.78, 5) is 4.38. The quantitative estimate of drug-likeness (QED) is 0.513. The lowest BCUT2D eigenvalue weighted by Crippen LogP contribution is -2.16. The Bertz CT molecular complexity index is 134. The van der Waals surface area contributed by atoms with E-state index in [1.807, 2.05) is 11.8 Å². The summed E-state index contributed by atoms with van der Waals surface area (Å²) >= 11 is 1.91. The van der Waals surface area contributed by atoms with Gasteiger partial charge in [-0.1, -0.05) is 13.8 Å². The van der Waals surface area contributed by atoms with Crippen molar-refractivity contribution in [3.05, 3.63) is 0 Å². The van der Waals surface area contributed by atoms with Gasteiger partial charge in [0.1, 0.15) is 0 Å². The minimum atomic E-state index is 0.376. The molecule has 0 spiro atoms. The van der Waals surface area contributed by atoms with Crippen LogP contribution in [0.3, 0.4) is 0 Å². The average molecular weight is 188 g/mol. The number of aliphatic imine (C=N–C) groups is 1. The maximum atomic E-state index is 5.70.